The summed E-state index contributed by atoms with van der Waals surface area (Å²) in [5, 5.41) is 87.7. The molecular weight excluding hydrogens is 1120 g/mol. The second kappa shape index (κ2) is 59.2. The van der Waals surface area contributed by atoms with Crippen molar-refractivity contribution in [2.24, 2.45) is 0 Å². The molecule has 0 aromatic heterocycles. The van der Waals surface area contributed by atoms with Crippen LogP contribution < -0.4 is 5.32 Å². The van der Waals surface area contributed by atoms with Gasteiger partial charge in [0.25, 0.3) is 0 Å². The van der Waals surface area contributed by atoms with Crippen LogP contribution in [0.15, 0.2) is 72.9 Å². The van der Waals surface area contributed by atoms with E-state index in [2.05, 4.69) is 92.1 Å². The van der Waals surface area contributed by atoms with Crippen LogP contribution in [0.3, 0.4) is 0 Å². The number of unbranched alkanes of at least 4 members (excludes halogenated alkanes) is 35. The molecule has 2 fully saturated rings. The molecule has 2 aliphatic heterocycles. The normalized spacial score (nSPS) is 23.4. The third kappa shape index (κ3) is 43.1. The third-order valence-corrected chi connectivity index (χ3v) is 17.7. The summed E-state index contributed by atoms with van der Waals surface area (Å²) in [6.07, 6.45) is 63.4. The van der Waals surface area contributed by atoms with E-state index >= 15 is 0 Å². The first-order valence-electron chi connectivity index (χ1n) is 36.7. The van der Waals surface area contributed by atoms with Crippen LogP contribution in [-0.4, -0.2) is 140 Å². The predicted octanol–water partition coefficient (Wildman–Crippen LogP) is 15.4. The maximum absolute atomic E-state index is 13.4. The van der Waals surface area contributed by atoms with Crippen LogP contribution in [0.25, 0.3) is 0 Å². The van der Waals surface area contributed by atoms with Crippen molar-refractivity contribution in [3.05, 3.63) is 72.9 Å². The average Bonchev–Trinajstić information content (AvgIpc) is 2.51. The van der Waals surface area contributed by atoms with Crippen LogP contribution in [-0.2, 0) is 23.7 Å². The van der Waals surface area contributed by atoms with Crippen molar-refractivity contribution in [1.82, 2.24) is 5.32 Å². The van der Waals surface area contributed by atoms with Gasteiger partial charge in [0.1, 0.15) is 48.8 Å². The van der Waals surface area contributed by atoms with Gasteiger partial charge in [0, 0.05) is 6.42 Å². The fourth-order valence-corrected chi connectivity index (χ4v) is 11.9. The van der Waals surface area contributed by atoms with Crippen LogP contribution in [0, 0.1) is 0 Å². The molecule has 1 amide bonds. The summed E-state index contributed by atoms with van der Waals surface area (Å²) in [7, 11) is 0. The number of hydrogen-bond donors (Lipinski definition) is 9. The quantitative estimate of drug-likeness (QED) is 0.0204. The molecule has 9 N–H and O–H groups in total. The Morgan fingerprint density at radius 3 is 1.19 bits per heavy atom. The maximum atomic E-state index is 13.4. The smallest absolute Gasteiger partial charge is 0.220 e. The molecule has 2 heterocycles. The summed E-state index contributed by atoms with van der Waals surface area (Å²) in [6.45, 7) is 2.78. The number of carbonyl (C=O) groups is 1. The van der Waals surface area contributed by atoms with E-state index in [1.165, 1.54) is 180 Å². The number of nitrogens with one attached hydrogen (secondary N) is 1. The van der Waals surface area contributed by atoms with Gasteiger partial charge in [0.2, 0.25) is 5.91 Å². The Balaban J connectivity index is 1.66. The molecule has 89 heavy (non-hydrogen) atoms. The van der Waals surface area contributed by atoms with Gasteiger partial charge in [-0.3, -0.25) is 4.79 Å². The van der Waals surface area contributed by atoms with Crippen molar-refractivity contribution in [1.29, 1.82) is 0 Å². The molecule has 12 unspecified atom stereocenters. The Morgan fingerprint density at radius 1 is 0.416 bits per heavy atom. The molecule has 0 aromatic carbocycles. The van der Waals surface area contributed by atoms with E-state index in [1.807, 2.05) is 0 Å². The van der Waals surface area contributed by atoms with E-state index in [9.17, 15) is 45.6 Å². The third-order valence-electron chi connectivity index (χ3n) is 17.7. The fraction of sp³-hybridized carbons (Fsp3) is 0.827. The van der Waals surface area contributed by atoms with Crippen molar-refractivity contribution < 1.29 is 64.6 Å². The predicted molar refractivity (Wildman–Crippen MR) is 364 cm³/mol. The number of hydrogen-bond acceptors (Lipinski definition) is 13. The molecule has 12 atom stereocenters. The lowest BCUT2D eigenvalue weighted by Crippen LogP contribution is -2.65. The van der Waals surface area contributed by atoms with E-state index < -0.39 is 86.8 Å². The SMILES string of the molecule is CC/C=C\C/C=C\C/C=C\C/C=C\C/C=C\C/C=C\CCCCCCCCCCCCC(=O)NC(COC1OC(CO)C(OC2OC(CO)C(O)C(O)C2O)C(O)C1O)C(O)CCCCCCCCCCCCCCCCCCCCCCCCCCCC. The van der Waals surface area contributed by atoms with Crippen LogP contribution >= 0.6 is 0 Å². The minimum Gasteiger partial charge on any atom is -0.394 e. The topological polar surface area (TPSA) is 228 Å². The summed E-state index contributed by atoms with van der Waals surface area (Å²) < 4.78 is 22.9. The summed E-state index contributed by atoms with van der Waals surface area (Å²) in [5.74, 6) is -0.210. The number of allylic oxidation sites excluding steroid dienone is 12. The van der Waals surface area contributed by atoms with Gasteiger partial charge in [-0.1, -0.05) is 305 Å². The van der Waals surface area contributed by atoms with Crippen molar-refractivity contribution in [2.45, 2.75) is 376 Å². The Kier molecular flexibility index (Phi) is 54.9. The molecule has 0 spiro atoms. The van der Waals surface area contributed by atoms with Gasteiger partial charge in [0.15, 0.2) is 12.6 Å². The van der Waals surface area contributed by atoms with E-state index in [-0.39, 0.29) is 12.5 Å². The summed E-state index contributed by atoms with van der Waals surface area (Å²) >= 11 is 0. The maximum Gasteiger partial charge on any atom is 0.220 e. The standard InChI is InChI=1S/C75H135NO13/c1-3-5-7-9-11-13-15-17-19-21-23-25-27-29-31-32-33-35-37-39-41-43-45-47-49-51-53-55-57-59-67(80)76-63(62-86-74-72(85)70(83)73(66(61-78)88-74)89-75-71(84)69(82)68(81)65(60-77)87-75)64(79)58-56-54-52-50-48-46-44-42-40-38-36-34-30-28-26-24-22-20-18-16-14-12-10-8-6-4-2/h5,7,11,13,17,19,23,25,29,31,33,35,63-66,68-75,77-79,81-85H,3-4,6,8-10,12,14-16,18,20-22,24,26-28,30,32,34,36-62H2,1-2H3,(H,76,80)/b7-5-,13-11-,19-17-,25-23-,31-29-,35-33-. The number of ether oxygens (including phenoxy) is 4. The molecule has 2 aliphatic rings. The molecular formula is C75H135NO13. The zero-order valence-corrected chi connectivity index (χ0v) is 56.4. The molecule has 0 radical (unpaired) electrons. The first-order valence-corrected chi connectivity index (χ1v) is 36.7. The second-order valence-corrected chi connectivity index (χ2v) is 25.7. The monoisotopic (exact) mass is 1260 g/mol. The Hall–Kier alpha value is -2.57. The molecule has 0 aromatic rings. The molecule has 14 heteroatoms. The molecule has 2 rings (SSSR count). The summed E-state index contributed by atoms with van der Waals surface area (Å²) in [6, 6.07) is -0.837. The highest BCUT2D eigenvalue weighted by atomic mass is 16.7. The Labute approximate surface area is 542 Å². The minimum atomic E-state index is -1.79. The molecule has 518 valence electrons. The molecule has 0 aliphatic carbocycles. The van der Waals surface area contributed by atoms with Crippen LogP contribution in [0.5, 0.6) is 0 Å². The van der Waals surface area contributed by atoms with Gasteiger partial charge in [-0.15, -0.1) is 0 Å². The highest BCUT2D eigenvalue weighted by molar-refractivity contribution is 5.76. The lowest BCUT2D eigenvalue weighted by molar-refractivity contribution is -0.359. The Morgan fingerprint density at radius 2 is 0.775 bits per heavy atom. The second-order valence-electron chi connectivity index (χ2n) is 25.7. The van der Waals surface area contributed by atoms with Crippen molar-refractivity contribution >= 4 is 5.91 Å². The number of aliphatic hydroxyl groups excluding tert-OH is 8. The Bertz CT molecular complexity index is 1770. The van der Waals surface area contributed by atoms with E-state index in [0.717, 1.165) is 89.9 Å². The zero-order chi connectivity index (χ0) is 64.5. The highest BCUT2D eigenvalue weighted by Crippen LogP contribution is 2.30. The lowest BCUT2D eigenvalue weighted by Gasteiger charge is -2.46. The first-order chi connectivity index (χ1) is 43.6. The molecule has 0 bridgehead atoms. The molecule has 0 saturated carbocycles. The van der Waals surface area contributed by atoms with Gasteiger partial charge in [-0.05, 0) is 64.2 Å². The van der Waals surface area contributed by atoms with Gasteiger partial charge in [-0.2, -0.15) is 0 Å². The first kappa shape index (κ1) is 82.5. The van der Waals surface area contributed by atoms with Gasteiger partial charge in [-0.25, -0.2) is 0 Å². The van der Waals surface area contributed by atoms with E-state index in [1.54, 1.807) is 0 Å². The lowest BCUT2D eigenvalue weighted by atomic mass is 9.97. The van der Waals surface area contributed by atoms with Gasteiger partial charge >= 0.3 is 0 Å². The number of carbonyl (C=O) groups excluding carboxylic acids is 1. The highest BCUT2D eigenvalue weighted by Gasteiger charge is 2.51. The molecule has 14 nitrogen and oxygen atoms in total. The number of rotatable bonds is 60. The number of aliphatic hydroxyl groups is 8. The van der Waals surface area contributed by atoms with Crippen LogP contribution in [0.2, 0.25) is 0 Å². The minimum absolute atomic E-state index is 0.210. The van der Waals surface area contributed by atoms with E-state index in [0.29, 0.717) is 19.3 Å². The number of amides is 1. The molecule has 2 saturated heterocycles. The fourth-order valence-electron chi connectivity index (χ4n) is 11.9. The van der Waals surface area contributed by atoms with Crippen molar-refractivity contribution in [2.75, 3.05) is 19.8 Å². The van der Waals surface area contributed by atoms with Crippen molar-refractivity contribution in [3.8, 4) is 0 Å². The van der Waals surface area contributed by atoms with Gasteiger partial charge in [0.05, 0.1) is 32.0 Å². The van der Waals surface area contributed by atoms with Crippen LogP contribution in [0.1, 0.15) is 303 Å². The average molecular weight is 1260 g/mol. The summed E-state index contributed by atoms with van der Waals surface area (Å²) in [5.41, 5.74) is 0. The van der Waals surface area contributed by atoms with Crippen molar-refractivity contribution in [3.63, 3.8) is 0 Å². The summed E-state index contributed by atoms with van der Waals surface area (Å²) in [4.78, 5) is 13.4. The van der Waals surface area contributed by atoms with E-state index in [4.69, 9.17) is 18.9 Å². The van der Waals surface area contributed by atoms with Crippen LogP contribution in [0.4, 0.5) is 0 Å². The zero-order valence-electron chi connectivity index (χ0n) is 56.4. The van der Waals surface area contributed by atoms with Gasteiger partial charge < -0.3 is 65.1 Å². The largest absolute Gasteiger partial charge is 0.394 e.